The summed E-state index contributed by atoms with van der Waals surface area (Å²) in [6, 6.07) is 3.20. The highest BCUT2D eigenvalue weighted by atomic mass is 79.9. The van der Waals surface area contributed by atoms with Gasteiger partial charge in [0, 0.05) is 18.6 Å². The number of hydrogen-bond acceptors (Lipinski definition) is 4. The molecule has 0 amide bonds. The molecule has 1 aromatic heterocycles. The summed E-state index contributed by atoms with van der Waals surface area (Å²) in [5.74, 6) is 0. The summed E-state index contributed by atoms with van der Waals surface area (Å²) in [4.78, 5) is 0. The zero-order chi connectivity index (χ0) is 11.9. The number of halogens is 1. The van der Waals surface area contributed by atoms with Crippen molar-refractivity contribution >= 4 is 37.3 Å². The molecule has 0 spiro atoms. The second-order valence-corrected chi connectivity index (χ2v) is 8.45. The fourth-order valence-electron chi connectivity index (χ4n) is 1.83. The number of nitrogens with two attached hydrogens (primary N) is 1. The monoisotopic (exact) mass is 324 g/mol. The van der Waals surface area contributed by atoms with Gasteiger partial charge in [0.2, 0.25) is 0 Å². The molecule has 2 rings (SSSR count). The molecule has 1 aliphatic heterocycles. The Kier molecular flexibility index (Phi) is 3.42. The molecule has 0 bridgehead atoms. The second kappa shape index (κ2) is 4.38. The van der Waals surface area contributed by atoms with Crippen LogP contribution < -0.4 is 5.73 Å². The Bertz CT molecular complexity index is 485. The Labute approximate surface area is 108 Å². The van der Waals surface area contributed by atoms with E-state index in [2.05, 4.69) is 15.9 Å². The molecular weight excluding hydrogens is 312 g/mol. The first-order valence-electron chi connectivity index (χ1n) is 4.95. The van der Waals surface area contributed by atoms with Gasteiger partial charge in [0.1, 0.15) is 4.21 Å². The predicted octanol–water partition coefficient (Wildman–Crippen LogP) is 1.62. The van der Waals surface area contributed by atoms with Crippen molar-refractivity contribution in [2.75, 3.05) is 6.54 Å². The largest absolute Gasteiger partial charge is 0.326 e. The van der Waals surface area contributed by atoms with E-state index in [-0.39, 0.29) is 12.1 Å². The van der Waals surface area contributed by atoms with Gasteiger partial charge < -0.3 is 5.73 Å². The van der Waals surface area contributed by atoms with Gasteiger partial charge in [0.05, 0.1) is 3.79 Å². The van der Waals surface area contributed by atoms with Crippen molar-refractivity contribution in [1.29, 1.82) is 0 Å². The Morgan fingerprint density at radius 2 is 2.25 bits per heavy atom. The Balaban J connectivity index is 2.33. The molecule has 0 radical (unpaired) electrons. The van der Waals surface area contributed by atoms with Gasteiger partial charge in [-0.25, -0.2) is 8.42 Å². The molecule has 1 aliphatic rings. The molecule has 16 heavy (non-hydrogen) atoms. The van der Waals surface area contributed by atoms with Crippen LogP contribution in [0.2, 0.25) is 0 Å². The summed E-state index contributed by atoms with van der Waals surface area (Å²) in [5, 5.41) is 0. The average molecular weight is 325 g/mol. The molecule has 4 nitrogen and oxygen atoms in total. The molecule has 1 saturated heterocycles. The SMILES string of the molecule is CC1C(N)CCN1S(=O)(=O)c1ccc(Br)s1. The van der Waals surface area contributed by atoms with Gasteiger partial charge in [-0.3, -0.25) is 0 Å². The van der Waals surface area contributed by atoms with Crippen LogP contribution in [0.3, 0.4) is 0 Å². The van der Waals surface area contributed by atoms with E-state index < -0.39 is 10.0 Å². The smallest absolute Gasteiger partial charge is 0.252 e. The van der Waals surface area contributed by atoms with Gasteiger partial charge in [-0.05, 0) is 41.4 Å². The molecule has 0 aromatic carbocycles. The maximum atomic E-state index is 12.3. The molecule has 2 heterocycles. The topological polar surface area (TPSA) is 63.4 Å². The van der Waals surface area contributed by atoms with Crippen molar-refractivity contribution in [3.8, 4) is 0 Å². The van der Waals surface area contributed by atoms with Gasteiger partial charge in [0.15, 0.2) is 0 Å². The lowest BCUT2D eigenvalue weighted by Crippen LogP contribution is -2.40. The van der Waals surface area contributed by atoms with E-state index in [0.29, 0.717) is 10.8 Å². The van der Waals surface area contributed by atoms with Crippen molar-refractivity contribution in [2.45, 2.75) is 29.6 Å². The predicted molar refractivity (Wildman–Crippen MR) is 68.0 cm³/mol. The Morgan fingerprint density at radius 3 is 2.69 bits per heavy atom. The molecule has 0 saturated carbocycles. The number of rotatable bonds is 2. The van der Waals surface area contributed by atoms with E-state index in [9.17, 15) is 8.42 Å². The number of hydrogen-bond donors (Lipinski definition) is 1. The van der Waals surface area contributed by atoms with Crippen LogP contribution in [-0.2, 0) is 10.0 Å². The van der Waals surface area contributed by atoms with Crippen molar-refractivity contribution in [1.82, 2.24) is 4.31 Å². The maximum absolute atomic E-state index is 12.3. The first-order valence-corrected chi connectivity index (χ1v) is 8.00. The van der Waals surface area contributed by atoms with Crippen molar-refractivity contribution in [2.24, 2.45) is 5.73 Å². The minimum absolute atomic E-state index is 0.0572. The third-order valence-electron chi connectivity index (χ3n) is 2.87. The average Bonchev–Trinajstić information content (AvgIpc) is 2.76. The quantitative estimate of drug-likeness (QED) is 0.899. The summed E-state index contributed by atoms with van der Waals surface area (Å²) >= 11 is 4.50. The number of thiophene rings is 1. The van der Waals surface area contributed by atoms with E-state index in [4.69, 9.17) is 5.73 Å². The van der Waals surface area contributed by atoms with Crippen LogP contribution in [0, 0.1) is 0 Å². The minimum atomic E-state index is -3.36. The van der Waals surface area contributed by atoms with Crippen LogP contribution in [0.4, 0.5) is 0 Å². The third kappa shape index (κ3) is 2.06. The maximum Gasteiger partial charge on any atom is 0.252 e. The third-order valence-corrected chi connectivity index (χ3v) is 6.95. The van der Waals surface area contributed by atoms with E-state index in [0.717, 1.165) is 10.2 Å². The fraction of sp³-hybridized carbons (Fsp3) is 0.556. The number of nitrogens with zero attached hydrogens (tertiary/aromatic N) is 1. The summed E-state index contributed by atoms with van der Waals surface area (Å²) in [7, 11) is -3.36. The molecule has 7 heteroatoms. The Morgan fingerprint density at radius 1 is 1.56 bits per heavy atom. The van der Waals surface area contributed by atoms with Gasteiger partial charge >= 0.3 is 0 Å². The molecule has 0 aliphatic carbocycles. The van der Waals surface area contributed by atoms with Gasteiger partial charge in [0.25, 0.3) is 10.0 Å². The van der Waals surface area contributed by atoms with E-state index in [1.807, 2.05) is 6.92 Å². The minimum Gasteiger partial charge on any atom is -0.326 e. The standard InChI is InChI=1S/C9H13BrN2O2S2/c1-6-7(11)4-5-12(6)16(13,14)9-3-2-8(10)15-9/h2-3,6-7H,4-5,11H2,1H3. The van der Waals surface area contributed by atoms with Crippen molar-refractivity contribution in [3.05, 3.63) is 15.9 Å². The lowest BCUT2D eigenvalue weighted by atomic mass is 10.2. The normalized spacial score (nSPS) is 27.4. The van der Waals surface area contributed by atoms with E-state index in [1.54, 1.807) is 12.1 Å². The van der Waals surface area contributed by atoms with Crippen LogP contribution >= 0.6 is 27.3 Å². The molecule has 2 atom stereocenters. The summed E-state index contributed by atoms with van der Waals surface area (Å²) < 4.78 is 27.2. The van der Waals surface area contributed by atoms with Gasteiger partial charge in [-0.1, -0.05) is 0 Å². The first-order chi connectivity index (χ1) is 7.43. The Hall–Kier alpha value is 0.0500. The highest BCUT2D eigenvalue weighted by molar-refractivity contribution is 9.11. The number of sulfonamides is 1. The zero-order valence-corrected chi connectivity index (χ0v) is 12.0. The summed E-state index contributed by atoms with van der Waals surface area (Å²) in [6.07, 6.45) is 0.729. The van der Waals surface area contributed by atoms with Crippen LogP contribution in [-0.4, -0.2) is 31.4 Å². The fourth-order valence-corrected chi connectivity index (χ4v) is 5.66. The van der Waals surface area contributed by atoms with Crippen LogP contribution in [0.5, 0.6) is 0 Å². The van der Waals surface area contributed by atoms with E-state index in [1.165, 1.54) is 15.6 Å². The molecular formula is C9H13BrN2O2S2. The highest BCUT2D eigenvalue weighted by Gasteiger charge is 2.37. The summed E-state index contributed by atoms with van der Waals surface area (Å²) in [5.41, 5.74) is 5.84. The lowest BCUT2D eigenvalue weighted by molar-refractivity contribution is 0.394. The molecule has 1 aromatic rings. The molecule has 2 N–H and O–H groups in total. The van der Waals surface area contributed by atoms with Crippen molar-refractivity contribution in [3.63, 3.8) is 0 Å². The molecule has 90 valence electrons. The lowest BCUT2D eigenvalue weighted by Gasteiger charge is -2.21. The van der Waals surface area contributed by atoms with Gasteiger partial charge in [-0.15, -0.1) is 11.3 Å². The van der Waals surface area contributed by atoms with Crippen LogP contribution in [0.15, 0.2) is 20.1 Å². The summed E-state index contributed by atoms with van der Waals surface area (Å²) in [6.45, 7) is 2.37. The van der Waals surface area contributed by atoms with Crippen LogP contribution in [0.25, 0.3) is 0 Å². The second-order valence-electron chi connectivity index (χ2n) is 3.87. The highest BCUT2D eigenvalue weighted by Crippen LogP contribution is 2.31. The van der Waals surface area contributed by atoms with E-state index >= 15 is 0 Å². The zero-order valence-electron chi connectivity index (χ0n) is 8.76. The first kappa shape index (κ1) is 12.5. The molecule has 1 fully saturated rings. The van der Waals surface area contributed by atoms with Gasteiger partial charge in [-0.2, -0.15) is 4.31 Å². The van der Waals surface area contributed by atoms with Crippen LogP contribution in [0.1, 0.15) is 13.3 Å². The van der Waals surface area contributed by atoms with Crippen molar-refractivity contribution < 1.29 is 8.42 Å². The molecule has 2 unspecified atom stereocenters.